The smallest absolute Gasteiger partial charge is 0.238 e. The van der Waals surface area contributed by atoms with Gasteiger partial charge in [0.25, 0.3) is 0 Å². The summed E-state index contributed by atoms with van der Waals surface area (Å²) in [4.78, 5) is 21.2. The minimum atomic E-state index is -0.559. The topological polar surface area (TPSA) is 90.8 Å². The molecule has 1 aliphatic carbocycles. The second-order valence-electron chi connectivity index (χ2n) is 6.45. The summed E-state index contributed by atoms with van der Waals surface area (Å²) in [5.41, 5.74) is 2.63. The first kappa shape index (κ1) is 16.0. The van der Waals surface area contributed by atoms with E-state index in [-0.39, 0.29) is 5.91 Å². The molecule has 6 nitrogen and oxygen atoms in total. The van der Waals surface area contributed by atoms with Crippen molar-refractivity contribution in [1.29, 1.82) is 5.41 Å². The molecule has 2 aromatic rings. The van der Waals surface area contributed by atoms with E-state index in [1.165, 1.54) is 25.4 Å². The van der Waals surface area contributed by atoms with Gasteiger partial charge >= 0.3 is 0 Å². The molecule has 2 heterocycles. The minimum absolute atomic E-state index is 0.161. The fourth-order valence-electron chi connectivity index (χ4n) is 3.67. The first-order chi connectivity index (χ1) is 12.2. The average Bonchev–Trinajstić information content (AvgIpc) is 3.21. The maximum atomic E-state index is 12.6. The summed E-state index contributed by atoms with van der Waals surface area (Å²) in [6.45, 7) is 0. The van der Waals surface area contributed by atoms with Crippen LogP contribution in [0.4, 0.5) is 11.5 Å². The molecular weight excluding hydrogens is 338 g/mol. The zero-order chi connectivity index (χ0) is 17.4. The SMILES string of the molecule is N=Cc1c(NC2CCCC2)ncnc1C1C(=O)Nc2cc(Cl)ccc21. The van der Waals surface area contributed by atoms with E-state index in [0.717, 1.165) is 18.4 Å². The van der Waals surface area contributed by atoms with E-state index in [9.17, 15) is 4.79 Å². The summed E-state index contributed by atoms with van der Waals surface area (Å²) in [6, 6.07) is 5.69. The molecular formula is C18H18ClN5O. The van der Waals surface area contributed by atoms with Crippen molar-refractivity contribution >= 4 is 35.2 Å². The van der Waals surface area contributed by atoms with Crippen molar-refractivity contribution < 1.29 is 4.79 Å². The maximum Gasteiger partial charge on any atom is 0.238 e. The van der Waals surface area contributed by atoms with E-state index in [2.05, 4.69) is 20.6 Å². The minimum Gasteiger partial charge on any atom is -0.367 e. The highest BCUT2D eigenvalue weighted by Gasteiger charge is 2.35. The second-order valence-corrected chi connectivity index (χ2v) is 6.88. The predicted octanol–water partition coefficient (Wildman–Crippen LogP) is 3.57. The normalized spacial score (nSPS) is 19.6. The molecule has 2 aliphatic rings. The maximum absolute atomic E-state index is 12.6. The average molecular weight is 356 g/mol. The summed E-state index contributed by atoms with van der Waals surface area (Å²) in [5, 5.41) is 14.7. The largest absolute Gasteiger partial charge is 0.367 e. The van der Waals surface area contributed by atoms with Crippen LogP contribution >= 0.6 is 11.6 Å². The van der Waals surface area contributed by atoms with Gasteiger partial charge in [-0.05, 0) is 30.5 Å². The number of rotatable bonds is 4. The van der Waals surface area contributed by atoms with E-state index in [1.54, 1.807) is 12.1 Å². The molecule has 1 aromatic carbocycles. The number of aromatic nitrogens is 2. The molecule has 1 unspecified atom stereocenters. The number of anilines is 2. The van der Waals surface area contributed by atoms with Crippen LogP contribution in [0.5, 0.6) is 0 Å². The van der Waals surface area contributed by atoms with Gasteiger partial charge in [-0.15, -0.1) is 0 Å². The molecule has 7 heteroatoms. The molecule has 1 aromatic heterocycles. The van der Waals surface area contributed by atoms with Gasteiger partial charge in [0.15, 0.2) is 0 Å². The van der Waals surface area contributed by atoms with E-state index < -0.39 is 5.92 Å². The zero-order valence-corrected chi connectivity index (χ0v) is 14.3. The Bertz CT molecular complexity index is 847. The summed E-state index contributed by atoms with van der Waals surface area (Å²) in [5.74, 6) is -0.0935. The number of amides is 1. The molecule has 1 fully saturated rings. The number of hydrogen-bond acceptors (Lipinski definition) is 5. The van der Waals surface area contributed by atoms with Crippen LogP contribution < -0.4 is 10.6 Å². The zero-order valence-electron chi connectivity index (χ0n) is 13.6. The van der Waals surface area contributed by atoms with Crippen LogP contribution in [-0.2, 0) is 4.79 Å². The molecule has 1 saturated carbocycles. The first-order valence-electron chi connectivity index (χ1n) is 8.39. The molecule has 0 bridgehead atoms. The Kier molecular flexibility index (Phi) is 4.13. The lowest BCUT2D eigenvalue weighted by Gasteiger charge is -2.18. The van der Waals surface area contributed by atoms with Gasteiger partial charge < -0.3 is 16.0 Å². The van der Waals surface area contributed by atoms with Crippen molar-refractivity contribution in [3.8, 4) is 0 Å². The van der Waals surface area contributed by atoms with Crippen LogP contribution in [0.25, 0.3) is 0 Å². The first-order valence-corrected chi connectivity index (χ1v) is 8.77. The van der Waals surface area contributed by atoms with Gasteiger partial charge in [0, 0.05) is 23.0 Å². The van der Waals surface area contributed by atoms with Crippen LogP contribution in [0, 0.1) is 5.41 Å². The van der Waals surface area contributed by atoms with Crippen molar-refractivity contribution in [3.63, 3.8) is 0 Å². The van der Waals surface area contributed by atoms with Gasteiger partial charge in [-0.2, -0.15) is 0 Å². The molecule has 4 rings (SSSR count). The van der Waals surface area contributed by atoms with Crippen molar-refractivity contribution in [1.82, 2.24) is 9.97 Å². The summed E-state index contributed by atoms with van der Waals surface area (Å²) in [6.07, 6.45) is 7.29. The molecule has 1 atom stereocenters. The van der Waals surface area contributed by atoms with Gasteiger partial charge in [0.2, 0.25) is 5.91 Å². The highest BCUT2D eigenvalue weighted by molar-refractivity contribution is 6.31. The fourth-order valence-corrected chi connectivity index (χ4v) is 3.84. The summed E-state index contributed by atoms with van der Waals surface area (Å²) >= 11 is 6.02. The molecule has 0 spiro atoms. The predicted molar refractivity (Wildman–Crippen MR) is 97.7 cm³/mol. The van der Waals surface area contributed by atoms with Gasteiger partial charge in [0.1, 0.15) is 18.1 Å². The fraction of sp³-hybridized carbons (Fsp3) is 0.333. The highest BCUT2D eigenvalue weighted by atomic mass is 35.5. The number of benzene rings is 1. The molecule has 1 aliphatic heterocycles. The summed E-state index contributed by atoms with van der Waals surface area (Å²) in [7, 11) is 0. The molecule has 3 N–H and O–H groups in total. The number of carbonyl (C=O) groups is 1. The summed E-state index contributed by atoms with van der Waals surface area (Å²) < 4.78 is 0. The Morgan fingerprint density at radius 1 is 1.28 bits per heavy atom. The lowest BCUT2D eigenvalue weighted by molar-refractivity contribution is -0.116. The lowest BCUT2D eigenvalue weighted by atomic mass is 9.94. The molecule has 25 heavy (non-hydrogen) atoms. The van der Waals surface area contributed by atoms with Crippen molar-refractivity contribution in [2.45, 2.75) is 37.6 Å². The molecule has 1 amide bonds. The number of hydrogen-bond donors (Lipinski definition) is 3. The van der Waals surface area contributed by atoms with Gasteiger partial charge in [-0.25, -0.2) is 9.97 Å². The van der Waals surface area contributed by atoms with Crippen LogP contribution in [0.3, 0.4) is 0 Å². The Balaban J connectivity index is 1.75. The van der Waals surface area contributed by atoms with E-state index in [4.69, 9.17) is 17.0 Å². The van der Waals surface area contributed by atoms with E-state index in [1.807, 2.05) is 6.07 Å². The quantitative estimate of drug-likeness (QED) is 0.731. The number of fused-ring (bicyclic) bond motifs is 1. The number of nitrogens with zero attached hydrogens (tertiary/aromatic N) is 2. The third-order valence-electron chi connectivity index (χ3n) is 4.87. The van der Waals surface area contributed by atoms with E-state index >= 15 is 0 Å². The highest BCUT2D eigenvalue weighted by Crippen LogP contribution is 2.39. The number of carbonyl (C=O) groups excluding carboxylic acids is 1. The standard InChI is InChI=1S/C18H18ClN5O/c19-10-5-6-12-14(7-10)24-18(25)15(12)16-13(8-20)17(22-9-21-16)23-11-3-1-2-4-11/h5-9,11,15,20H,1-4H2,(H,24,25)(H,21,22,23). The molecule has 128 valence electrons. The number of nitrogens with one attached hydrogen (secondary N) is 3. The van der Waals surface area contributed by atoms with Gasteiger partial charge in [-0.1, -0.05) is 30.5 Å². The second kappa shape index (κ2) is 6.44. The number of halogens is 1. The van der Waals surface area contributed by atoms with Crippen molar-refractivity contribution in [2.24, 2.45) is 0 Å². The Morgan fingerprint density at radius 3 is 2.84 bits per heavy atom. The van der Waals surface area contributed by atoms with Crippen LogP contribution in [0.15, 0.2) is 24.5 Å². The monoisotopic (exact) mass is 355 g/mol. The third kappa shape index (κ3) is 2.87. The van der Waals surface area contributed by atoms with Gasteiger partial charge in [-0.3, -0.25) is 4.79 Å². The van der Waals surface area contributed by atoms with Gasteiger partial charge in [0.05, 0.1) is 11.3 Å². The molecule has 0 saturated heterocycles. The Morgan fingerprint density at radius 2 is 2.08 bits per heavy atom. The third-order valence-corrected chi connectivity index (χ3v) is 5.11. The Hall–Kier alpha value is -2.47. The lowest BCUT2D eigenvalue weighted by Crippen LogP contribution is -2.21. The van der Waals surface area contributed by atoms with Crippen LogP contribution in [0.1, 0.15) is 48.4 Å². The van der Waals surface area contributed by atoms with E-state index in [0.29, 0.717) is 33.8 Å². The van der Waals surface area contributed by atoms with Crippen molar-refractivity contribution in [2.75, 3.05) is 10.6 Å². The van der Waals surface area contributed by atoms with Crippen molar-refractivity contribution in [3.05, 3.63) is 46.4 Å². The van der Waals surface area contributed by atoms with Crippen LogP contribution in [-0.4, -0.2) is 28.1 Å². The van der Waals surface area contributed by atoms with Crippen LogP contribution in [0.2, 0.25) is 5.02 Å². The Labute approximate surface area is 150 Å². The molecule has 0 radical (unpaired) electrons.